The van der Waals surface area contributed by atoms with Gasteiger partial charge in [0.25, 0.3) is 0 Å². The van der Waals surface area contributed by atoms with Gasteiger partial charge in [0.1, 0.15) is 5.82 Å². The quantitative estimate of drug-likeness (QED) is 0.671. The molecular formula is C21H22N4. The smallest absolute Gasteiger partial charge is 0.229 e. The zero-order valence-corrected chi connectivity index (χ0v) is 14.2. The van der Waals surface area contributed by atoms with E-state index in [0.29, 0.717) is 12.0 Å². The highest BCUT2D eigenvalue weighted by atomic mass is 15.2. The summed E-state index contributed by atoms with van der Waals surface area (Å²) in [6, 6.07) is 22.8. The van der Waals surface area contributed by atoms with Crippen LogP contribution in [0.4, 0.5) is 17.5 Å². The van der Waals surface area contributed by atoms with Crippen molar-refractivity contribution in [1.29, 1.82) is 0 Å². The summed E-state index contributed by atoms with van der Waals surface area (Å²) in [5.74, 6) is 1.51. The Balaban J connectivity index is 1.66. The van der Waals surface area contributed by atoms with Crippen molar-refractivity contribution in [2.45, 2.75) is 31.7 Å². The van der Waals surface area contributed by atoms with E-state index in [4.69, 9.17) is 4.98 Å². The minimum atomic E-state index is 0.517. The van der Waals surface area contributed by atoms with Crippen molar-refractivity contribution < 1.29 is 0 Å². The molecule has 0 amide bonds. The molecule has 0 unspecified atom stereocenters. The lowest BCUT2D eigenvalue weighted by Crippen LogP contribution is -2.16. The summed E-state index contributed by atoms with van der Waals surface area (Å²) in [6.45, 7) is 0. The molecule has 2 aromatic carbocycles. The van der Waals surface area contributed by atoms with Crippen molar-refractivity contribution >= 4 is 17.5 Å². The Bertz CT molecular complexity index is 812. The maximum Gasteiger partial charge on any atom is 0.229 e. The Morgan fingerprint density at radius 3 is 2.20 bits per heavy atom. The number of nitrogens with zero attached hydrogens (tertiary/aromatic N) is 2. The lowest BCUT2D eigenvalue weighted by atomic mass is 10.1. The van der Waals surface area contributed by atoms with Gasteiger partial charge in [0.05, 0.1) is 5.69 Å². The van der Waals surface area contributed by atoms with Crippen LogP contribution in [0.25, 0.3) is 11.3 Å². The van der Waals surface area contributed by atoms with Crippen molar-refractivity contribution in [2.24, 2.45) is 0 Å². The zero-order chi connectivity index (χ0) is 16.9. The second-order valence-electron chi connectivity index (χ2n) is 6.44. The molecule has 0 aliphatic heterocycles. The molecule has 3 aromatic rings. The molecule has 0 radical (unpaired) electrons. The van der Waals surface area contributed by atoms with Gasteiger partial charge in [0.2, 0.25) is 5.95 Å². The highest BCUT2D eigenvalue weighted by molar-refractivity contribution is 5.66. The van der Waals surface area contributed by atoms with Crippen LogP contribution in [0.15, 0.2) is 66.7 Å². The molecule has 25 heavy (non-hydrogen) atoms. The number of para-hydroxylation sites is 1. The van der Waals surface area contributed by atoms with Crippen LogP contribution in [0, 0.1) is 0 Å². The van der Waals surface area contributed by atoms with Crippen molar-refractivity contribution in [2.75, 3.05) is 10.6 Å². The highest BCUT2D eigenvalue weighted by Gasteiger charge is 2.16. The van der Waals surface area contributed by atoms with E-state index in [0.717, 1.165) is 22.8 Å². The molecule has 1 saturated carbocycles. The summed E-state index contributed by atoms with van der Waals surface area (Å²) in [4.78, 5) is 9.40. The van der Waals surface area contributed by atoms with Gasteiger partial charge in [-0.1, -0.05) is 61.4 Å². The first-order valence-corrected chi connectivity index (χ1v) is 8.90. The molecule has 1 heterocycles. The Morgan fingerprint density at radius 2 is 1.48 bits per heavy atom. The molecule has 0 atom stereocenters. The minimum absolute atomic E-state index is 0.517. The summed E-state index contributed by atoms with van der Waals surface area (Å²) >= 11 is 0. The molecular weight excluding hydrogens is 308 g/mol. The monoisotopic (exact) mass is 330 g/mol. The van der Waals surface area contributed by atoms with Crippen LogP contribution in [0.1, 0.15) is 25.7 Å². The summed E-state index contributed by atoms with van der Waals surface area (Å²) in [5.41, 5.74) is 3.00. The Labute approximate surface area is 148 Å². The average molecular weight is 330 g/mol. The number of aromatic nitrogens is 2. The second-order valence-corrected chi connectivity index (χ2v) is 6.44. The number of hydrogen-bond donors (Lipinski definition) is 2. The van der Waals surface area contributed by atoms with E-state index in [1.54, 1.807) is 0 Å². The molecule has 0 saturated heterocycles. The molecule has 1 aromatic heterocycles. The first-order valence-electron chi connectivity index (χ1n) is 8.90. The molecule has 0 bridgehead atoms. The molecule has 1 aliphatic rings. The molecule has 2 N–H and O–H groups in total. The molecule has 4 nitrogen and oxygen atoms in total. The van der Waals surface area contributed by atoms with Crippen molar-refractivity contribution in [3.63, 3.8) is 0 Å². The number of benzene rings is 2. The fraction of sp³-hybridized carbons (Fsp3) is 0.238. The Hall–Kier alpha value is -2.88. The summed E-state index contributed by atoms with van der Waals surface area (Å²) < 4.78 is 0. The van der Waals surface area contributed by atoms with Gasteiger partial charge in [-0.05, 0) is 25.0 Å². The van der Waals surface area contributed by atoms with Crippen LogP contribution >= 0.6 is 0 Å². The van der Waals surface area contributed by atoms with E-state index in [2.05, 4.69) is 27.8 Å². The SMILES string of the molecule is c1ccc(Nc2nc(NC3CCCC3)cc(-c3ccccc3)n2)cc1. The van der Waals surface area contributed by atoms with Gasteiger partial charge < -0.3 is 10.6 Å². The van der Waals surface area contributed by atoms with Crippen molar-refractivity contribution in [1.82, 2.24) is 9.97 Å². The van der Waals surface area contributed by atoms with Crippen molar-refractivity contribution in [3.05, 3.63) is 66.7 Å². The third kappa shape index (κ3) is 3.97. The Morgan fingerprint density at radius 1 is 0.800 bits per heavy atom. The molecule has 126 valence electrons. The number of rotatable bonds is 5. The fourth-order valence-corrected chi connectivity index (χ4v) is 3.26. The first-order chi connectivity index (χ1) is 12.4. The van der Waals surface area contributed by atoms with E-state index < -0.39 is 0 Å². The predicted molar refractivity (Wildman–Crippen MR) is 103 cm³/mol. The third-order valence-electron chi connectivity index (χ3n) is 4.53. The van der Waals surface area contributed by atoms with Gasteiger partial charge in [-0.2, -0.15) is 4.98 Å². The van der Waals surface area contributed by atoms with Gasteiger partial charge in [0.15, 0.2) is 0 Å². The van der Waals surface area contributed by atoms with Crippen LogP contribution in [-0.4, -0.2) is 16.0 Å². The van der Waals surface area contributed by atoms with E-state index in [-0.39, 0.29) is 0 Å². The summed E-state index contributed by atoms with van der Waals surface area (Å²) in [7, 11) is 0. The van der Waals surface area contributed by atoms with E-state index in [1.165, 1.54) is 25.7 Å². The van der Waals surface area contributed by atoms with Gasteiger partial charge in [-0.25, -0.2) is 4.98 Å². The molecule has 4 heteroatoms. The number of nitrogens with one attached hydrogen (secondary N) is 2. The van der Waals surface area contributed by atoms with Gasteiger partial charge in [-0.3, -0.25) is 0 Å². The van der Waals surface area contributed by atoms with E-state index in [1.807, 2.05) is 54.6 Å². The van der Waals surface area contributed by atoms with Crippen LogP contribution in [0.5, 0.6) is 0 Å². The third-order valence-corrected chi connectivity index (χ3v) is 4.53. The van der Waals surface area contributed by atoms with Crippen molar-refractivity contribution in [3.8, 4) is 11.3 Å². The number of anilines is 3. The second kappa shape index (κ2) is 7.34. The number of hydrogen-bond acceptors (Lipinski definition) is 4. The van der Waals surface area contributed by atoms with E-state index >= 15 is 0 Å². The maximum absolute atomic E-state index is 4.71. The van der Waals surface area contributed by atoms with Crippen LogP contribution in [-0.2, 0) is 0 Å². The lowest BCUT2D eigenvalue weighted by molar-refractivity contribution is 0.750. The molecule has 1 fully saturated rings. The standard InChI is InChI=1S/C21H22N4/c1-3-9-16(10-4-1)19-15-20(22-17-13-7-8-14-17)25-21(24-19)23-18-11-5-2-6-12-18/h1-6,9-12,15,17H,7-8,13-14H2,(H2,22,23,24,25). The van der Waals surface area contributed by atoms with E-state index in [9.17, 15) is 0 Å². The first kappa shape index (κ1) is 15.6. The predicted octanol–water partition coefficient (Wildman–Crippen LogP) is 5.24. The van der Waals surface area contributed by atoms with Crippen LogP contribution in [0.2, 0.25) is 0 Å². The zero-order valence-electron chi connectivity index (χ0n) is 14.2. The Kier molecular flexibility index (Phi) is 4.59. The summed E-state index contributed by atoms with van der Waals surface area (Å²) in [5, 5.41) is 6.90. The topological polar surface area (TPSA) is 49.8 Å². The molecule has 0 spiro atoms. The minimum Gasteiger partial charge on any atom is -0.367 e. The fourth-order valence-electron chi connectivity index (χ4n) is 3.26. The largest absolute Gasteiger partial charge is 0.367 e. The van der Waals surface area contributed by atoms with Gasteiger partial charge in [-0.15, -0.1) is 0 Å². The maximum atomic E-state index is 4.71. The highest BCUT2D eigenvalue weighted by Crippen LogP contribution is 2.26. The van der Waals surface area contributed by atoms with Crippen LogP contribution < -0.4 is 10.6 Å². The van der Waals surface area contributed by atoms with Gasteiger partial charge >= 0.3 is 0 Å². The van der Waals surface area contributed by atoms with Gasteiger partial charge in [0, 0.05) is 23.4 Å². The summed E-state index contributed by atoms with van der Waals surface area (Å²) in [6.07, 6.45) is 5.02. The molecule has 1 aliphatic carbocycles. The molecule has 4 rings (SSSR count). The normalized spacial score (nSPS) is 14.4. The average Bonchev–Trinajstić information content (AvgIpc) is 3.16. The lowest BCUT2D eigenvalue weighted by Gasteiger charge is -2.15. The van der Waals surface area contributed by atoms with Crippen LogP contribution in [0.3, 0.4) is 0 Å².